The smallest absolute Gasteiger partial charge is 0.263 e. The number of thiophene rings is 1. The molecule has 1 aliphatic rings. The fourth-order valence-corrected chi connectivity index (χ4v) is 3.95. The van der Waals surface area contributed by atoms with Gasteiger partial charge in [-0.1, -0.05) is 17.7 Å². The molecular weight excluding hydrogens is 386 g/mol. The molecular formula is C19H20ClN3O3S. The van der Waals surface area contributed by atoms with Gasteiger partial charge in [0, 0.05) is 31.6 Å². The third-order valence-corrected chi connectivity index (χ3v) is 5.60. The number of benzene rings is 1. The molecule has 27 heavy (non-hydrogen) atoms. The molecule has 2 N–H and O–H groups in total. The topological polar surface area (TPSA) is 78.5 Å². The lowest BCUT2D eigenvalue weighted by Gasteiger charge is -2.31. The Morgan fingerprint density at radius 3 is 2.48 bits per heavy atom. The van der Waals surface area contributed by atoms with Gasteiger partial charge in [-0.2, -0.15) is 0 Å². The largest absolute Gasteiger partial charge is 0.338 e. The second kappa shape index (κ2) is 8.54. The summed E-state index contributed by atoms with van der Waals surface area (Å²) in [6.07, 6.45) is 1.25. The van der Waals surface area contributed by atoms with Gasteiger partial charge in [-0.05, 0) is 42.5 Å². The van der Waals surface area contributed by atoms with Gasteiger partial charge in [0.1, 0.15) is 0 Å². The quantitative estimate of drug-likeness (QED) is 0.810. The second-order valence-electron chi connectivity index (χ2n) is 6.41. The molecule has 1 aromatic heterocycles. The van der Waals surface area contributed by atoms with E-state index in [2.05, 4.69) is 10.6 Å². The van der Waals surface area contributed by atoms with Crippen LogP contribution in [-0.4, -0.2) is 35.7 Å². The van der Waals surface area contributed by atoms with Crippen molar-refractivity contribution in [3.05, 3.63) is 45.6 Å². The van der Waals surface area contributed by atoms with Crippen molar-refractivity contribution in [2.75, 3.05) is 23.7 Å². The molecule has 2 aromatic rings. The van der Waals surface area contributed by atoms with Crippen molar-refractivity contribution in [3.8, 4) is 0 Å². The first-order valence-electron chi connectivity index (χ1n) is 8.65. The molecule has 1 saturated heterocycles. The van der Waals surface area contributed by atoms with Gasteiger partial charge in [-0.15, -0.1) is 11.3 Å². The third-order valence-electron chi connectivity index (χ3n) is 4.43. The van der Waals surface area contributed by atoms with Gasteiger partial charge in [0.05, 0.1) is 15.6 Å². The van der Waals surface area contributed by atoms with Crippen LogP contribution in [0.15, 0.2) is 35.7 Å². The lowest BCUT2D eigenvalue weighted by molar-refractivity contribution is -0.121. The summed E-state index contributed by atoms with van der Waals surface area (Å²) in [5, 5.41) is 7.74. The van der Waals surface area contributed by atoms with Crippen molar-refractivity contribution < 1.29 is 14.4 Å². The van der Waals surface area contributed by atoms with Crippen molar-refractivity contribution in [1.82, 2.24) is 4.90 Å². The zero-order chi connectivity index (χ0) is 19.4. The van der Waals surface area contributed by atoms with Crippen LogP contribution >= 0.6 is 22.9 Å². The van der Waals surface area contributed by atoms with Crippen molar-refractivity contribution in [1.29, 1.82) is 0 Å². The minimum Gasteiger partial charge on any atom is -0.338 e. The molecule has 142 valence electrons. The van der Waals surface area contributed by atoms with Gasteiger partial charge < -0.3 is 15.5 Å². The zero-order valence-corrected chi connectivity index (χ0v) is 16.4. The van der Waals surface area contributed by atoms with Gasteiger partial charge in [-0.3, -0.25) is 14.4 Å². The van der Waals surface area contributed by atoms with E-state index in [9.17, 15) is 14.4 Å². The molecule has 0 radical (unpaired) electrons. The molecule has 2 heterocycles. The molecule has 0 aliphatic carbocycles. The number of nitrogens with one attached hydrogen (secondary N) is 2. The van der Waals surface area contributed by atoms with Gasteiger partial charge in [-0.25, -0.2) is 0 Å². The van der Waals surface area contributed by atoms with E-state index in [1.807, 2.05) is 17.5 Å². The summed E-state index contributed by atoms with van der Waals surface area (Å²) in [5.74, 6) is -0.408. The first kappa shape index (κ1) is 19.4. The van der Waals surface area contributed by atoms with Crippen LogP contribution in [0.2, 0.25) is 5.02 Å². The predicted octanol–water partition coefficient (Wildman–Crippen LogP) is 3.85. The summed E-state index contributed by atoms with van der Waals surface area (Å²) in [7, 11) is 0. The Labute approximate surface area is 166 Å². The maximum Gasteiger partial charge on any atom is 0.263 e. The predicted molar refractivity (Wildman–Crippen MR) is 107 cm³/mol. The molecule has 6 nitrogen and oxygen atoms in total. The Morgan fingerprint density at radius 1 is 1.15 bits per heavy atom. The summed E-state index contributed by atoms with van der Waals surface area (Å²) in [6.45, 7) is 2.54. The average Bonchev–Trinajstić information content (AvgIpc) is 3.18. The minimum absolute atomic E-state index is 0.0317. The minimum atomic E-state index is -0.211. The number of amides is 3. The van der Waals surface area contributed by atoms with E-state index >= 15 is 0 Å². The fourth-order valence-electron chi connectivity index (χ4n) is 3.03. The molecule has 3 amide bonds. The molecule has 0 atom stereocenters. The summed E-state index contributed by atoms with van der Waals surface area (Å²) < 4.78 is 0. The SMILES string of the molecule is CC(=O)Nc1ccc(NC(=O)C2CCN(C(=O)c3cccs3)CC2)cc1Cl. The summed E-state index contributed by atoms with van der Waals surface area (Å²) in [6, 6.07) is 8.65. The number of piperidine rings is 1. The van der Waals surface area contributed by atoms with E-state index in [-0.39, 0.29) is 23.6 Å². The van der Waals surface area contributed by atoms with Crippen LogP contribution in [0.5, 0.6) is 0 Å². The first-order valence-corrected chi connectivity index (χ1v) is 9.90. The van der Waals surface area contributed by atoms with E-state index in [1.54, 1.807) is 23.1 Å². The van der Waals surface area contributed by atoms with Crippen LogP contribution < -0.4 is 10.6 Å². The van der Waals surface area contributed by atoms with Gasteiger partial charge in [0.2, 0.25) is 11.8 Å². The van der Waals surface area contributed by atoms with Crippen molar-refractivity contribution in [3.63, 3.8) is 0 Å². The van der Waals surface area contributed by atoms with E-state index < -0.39 is 0 Å². The molecule has 0 spiro atoms. The lowest BCUT2D eigenvalue weighted by Crippen LogP contribution is -2.41. The third kappa shape index (κ3) is 4.87. The maximum absolute atomic E-state index is 12.5. The first-order chi connectivity index (χ1) is 12.9. The number of halogens is 1. The summed E-state index contributed by atoms with van der Waals surface area (Å²) >= 11 is 7.57. The van der Waals surface area contributed by atoms with Gasteiger partial charge in [0.15, 0.2) is 0 Å². The van der Waals surface area contributed by atoms with E-state index in [1.165, 1.54) is 18.3 Å². The molecule has 1 aromatic carbocycles. The number of hydrogen-bond acceptors (Lipinski definition) is 4. The normalized spacial score (nSPS) is 14.7. The van der Waals surface area contributed by atoms with Crippen LogP contribution in [0.3, 0.4) is 0 Å². The molecule has 0 bridgehead atoms. The Kier molecular flexibility index (Phi) is 6.13. The standard InChI is InChI=1S/C19H20ClN3O3S/c1-12(24)21-16-5-4-14(11-15(16)20)22-18(25)13-6-8-23(9-7-13)19(26)17-3-2-10-27-17/h2-5,10-11,13H,6-9H2,1H3,(H,21,24)(H,22,25). The molecule has 3 rings (SSSR count). The highest BCUT2D eigenvalue weighted by Gasteiger charge is 2.28. The molecule has 1 fully saturated rings. The highest BCUT2D eigenvalue weighted by molar-refractivity contribution is 7.12. The van der Waals surface area contributed by atoms with Crippen LogP contribution in [0.4, 0.5) is 11.4 Å². The fraction of sp³-hybridized carbons (Fsp3) is 0.316. The number of hydrogen-bond donors (Lipinski definition) is 2. The highest BCUT2D eigenvalue weighted by Crippen LogP contribution is 2.27. The van der Waals surface area contributed by atoms with Crippen LogP contribution in [0.1, 0.15) is 29.4 Å². The highest BCUT2D eigenvalue weighted by atomic mass is 35.5. The molecule has 0 saturated carbocycles. The van der Waals surface area contributed by atoms with Crippen LogP contribution in [-0.2, 0) is 9.59 Å². The van der Waals surface area contributed by atoms with Crippen molar-refractivity contribution in [2.24, 2.45) is 5.92 Å². The summed E-state index contributed by atoms with van der Waals surface area (Å²) in [5.41, 5.74) is 1.08. The van der Waals surface area contributed by atoms with E-state index in [4.69, 9.17) is 11.6 Å². The lowest BCUT2D eigenvalue weighted by atomic mass is 9.95. The van der Waals surface area contributed by atoms with E-state index in [0.29, 0.717) is 42.3 Å². The van der Waals surface area contributed by atoms with Crippen molar-refractivity contribution >= 4 is 52.0 Å². The van der Waals surface area contributed by atoms with Gasteiger partial charge in [0.25, 0.3) is 5.91 Å². The van der Waals surface area contributed by atoms with Gasteiger partial charge >= 0.3 is 0 Å². The van der Waals surface area contributed by atoms with Crippen LogP contribution in [0, 0.1) is 5.92 Å². The number of carbonyl (C=O) groups excluding carboxylic acids is 3. The Bertz CT molecular complexity index is 846. The summed E-state index contributed by atoms with van der Waals surface area (Å²) in [4.78, 5) is 38.5. The zero-order valence-electron chi connectivity index (χ0n) is 14.8. The molecule has 8 heteroatoms. The Balaban J connectivity index is 1.54. The van der Waals surface area contributed by atoms with Crippen molar-refractivity contribution in [2.45, 2.75) is 19.8 Å². The Hall–Kier alpha value is -2.38. The average molecular weight is 406 g/mol. The number of nitrogens with zero attached hydrogens (tertiary/aromatic N) is 1. The number of likely N-dealkylation sites (tertiary alicyclic amines) is 1. The second-order valence-corrected chi connectivity index (χ2v) is 7.76. The monoisotopic (exact) mass is 405 g/mol. The number of carbonyl (C=O) groups is 3. The Morgan fingerprint density at radius 2 is 1.89 bits per heavy atom. The van der Waals surface area contributed by atoms with E-state index in [0.717, 1.165) is 4.88 Å². The maximum atomic E-state index is 12.5. The van der Waals surface area contributed by atoms with Crippen LogP contribution in [0.25, 0.3) is 0 Å². The number of rotatable bonds is 4. The molecule has 0 unspecified atom stereocenters. The molecule has 1 aliphatic heterocycles. The number of anilines is 2.